The van der Waals surface area contributed by atoms with Crippen LogP contribution in [0.15, 0.2) is 84.9 Å². The molecule has 6 rings (SSSR count). The van der Waals surface area contributed by atoms with Gasteiger partial charge >= 0.3 is 0 Å². The number of methoxy groups -OCH3 is 6. The standard InChI is InChI=1S/C74H104O6P2/c1-67(2,3)49-37-45(38-50(63(49)77-27)68(4,5)6)81(46-39-51(69(7,8)9)64(78-28)52(40-46)70(10,11)12)59-35-31-33-57(75-25)61(59)62-58(76-26)34-32-36-60(62)82(47-41-53(71(13,14)15)65(79-29)54(42-47)72(16,17)18)48-43-55(73(19,20)21)66(80-30)56(44-48)74(22,23)24/h31-44H,1-30H3. The van der Waals surface area contributed by atoms with Crippen molar-refractivity contribution in [3.05, 3.63) is 129 Å². The van der Waals surface area contributed by atoms with Gasteiger partial charge in [-0.2, -0.15) is 0 Å². The molecule has 6 aromatic carbocycles. The van der Waals surface area contributed by atoms with E-state index in [0.717, 1.165) is 56.2 Å². The summed E-state index contributed by atoms with van der Waals surface area (Å²) in [5.74, 6) is 5.30. The van der Waals surface area contributed by atoms with E-state index in [0.29, 0.717) is 0 Å². The maximum Gasteiger partial charge on any atom is 0.127 e. The van der Waals surface area contributed by atoms with E-state index in [1.807, 2.05) is 42.7 Å². The third-order valence-electron chi connectivity index (χ3n) is 15.8. The van der Waals surface area contributed by atoms with Crippen molar-refractivity contribution in [1.82, 2.24) is 0 Å². The van der Waals surface area contributed by atoms with Gasteiger partial charge in [0.05, 0.1) is 42.7 Å². The summed E-state index contributed by atoms with van der Waals surface area (Å²) in [6.07, 6.45) is 0. The molecule has 0 aliphatic heterocycles. The van der Waals surface area contributed by atoms with Gasteiger partial charge in [-0.25, -0.2) is 0 Å². The van der Waals surface area contributed by atoms with Gasteiger partial charge in [-0.3, -0.25) is 0 Å². The van der Waals surface area contributed by atoms with Crippen molar-refractivity contribution >= 4 is 47.7 Å². The second-order valence-electron chi connectivity index (χ2n) is 30.7. The largest absolute Gasteiger partial charge is 0.496 e. The lowest BCUT2D eigenvalue weighted by molar-refractivity contribution is 0.381. The Labute approximate surface area is 500 Å². The fourth-order valence-corrected chi connectivity index (χ4v) is 16.6. The highest BCUT2D eigenvalue weighted by Crippen LogP contribution is 2.53. The van der Waals surface area contributed by atoms with Gasteiger partial charge in [0.1, 0.15) is 34.5 Å². The molecule has 0 spiro atoms. The molecule has 0 fully saturated rings. The van der Waals surface area contributed by atoms with Crippen molar-refractivity contribution < 1.29 is 28.4 Å². The van der Waals surface area contributed by atoms with E-state index in [1.165, 1.54) is 65.7 Å². The van der Waals surface area contributed by atoms with Gasteiger partial charge in [0.2, 0.25) is 0 Å². The molecule has 0 N–H and O–H groups in total. The number of rotatable bonds is 13. The van der Waals surface area contributed by atoms with E-state index in [2.05, 4.69) is 251 Å². The Bertz CT molecular complexity index is 2760. The van der Waals surface area contributed by atoms with E-state index in [1.54, 1.807) is 0 Å². The molecule has 0 saturated heterocycles. The summed E-state index contributed by atoms with van der Waals surface area (Å²) in [6, 6.07) is 33.0. The molecule has 6 aromatic rings. The molecule has 0 amide bonds. The zero-order valence-electron chi connectivity index (χ0n) is 56.4. The fraction of sp³-hybridized carbons (Fsp3) is 0.514. The molecule has 6 nitrogen and oxygen atoms in total. The Morgan fingerprint density at radius 2 is 0.415 bits per heavy atom. The van der Waals surface area contributed by atoms with Crippen LogP contribution >= 0.6 is 15.8 Å². The smallest absolute Gasteiger partial charge is 0.127 e. The van der Waals surface area contributed by atoms with E-state index in [-0.39, 0.29) is 43.3 Å². The molecule has 0 saturated carbocycles. The van der Waals surface area contributed by atoms with E-state index < -0.39 is 15.8 Å². The van der Waals surface area contributed by atoms with Crippen molar-refractivity contribution in [2.24, 2.45) is 0 Å². The molecule has 0 radical (unpaired) electrons. The monoisotopic (exact) mass is 1150 g/mol. The molecule has 446 valence electrons. The predicted molar refractivity (Wildman–Crippen MR) is 358 cm³/mol. The van der Waals surface area contributed by atoms with E-state index in [9.17, 15) is 0 Å². The lowest BCUT2D eigenvalue weighted by atomic mass is 9.79. The second-order valence-corrected chi connectivity index (χ2v) is 35.0. The molecular weight excluding hydrogens is 1050 g/mol. The molecule has 0 aliphatic carbocycles. The SMILES string of the molecule is COc1cccc(P(c2cc(C(C)(C)C)c(OC)c(C(C)(C)C)c2)c2cc(C(C)(C)C)c(OC)c(C(C)(C)C)c2)c1-c1c(OC)cccc1P(c1cc(C(C)(C)C)c(OC)c(C(C)(C)C)c1)c1cc(C(C)(C)C)c(OC)c(C(C)(C)C)c1. The summed E-state index contributed by atoms with van der Waals surface area (Å²) in [4.78, 5) is 0. The van der Waals surface area contributed by atoms with Crippen LogP contribution in [0, 0.1) is 0 Å². The van der Waals surface area contributed by atoms with Crippen LogP contribution in [0.25, 0.3) is 11.1 Å². The normalized spacial score (nSPS) is 13.2. The topological polar surface area (TPSA) is 55.4 Å². The van der Waals surface area contributed by atoms with Crippen molar-refractivity contribution in [1.29, 1.82) is 0 Å². The highest BCUT2D eigenvalue weighted by atomic mass is 31.1. The summed E-state index contributed by atoms with van der Waals surface area (Å²) in [5, 5.41) is 7.22. The van der Waals surface area contributed by atoms with E-state index >= 15 is 0 Å². The first kappa shape index (κ1) is 66.1. The highest BCUT2D eigenvalue weighted by molar-refractivity contribution is 7.80. The van der Waals surface area contributed by atoms with Crippen molar-refractivity contribution in [3.63, 3.8) is 0 Å². The van der Waals surface area contributed by atoms with Gasteiger partial charge in [-0.1, -0.05) is 190 Å². The van der Waals surface area contributed by atoms with Gasteiger partial charge in [0.25, 0.3) is 0 Å². The van der Waals surface area contributed by atoms with Crippen LogP contribution < -0.4 is 60.2 Å². The molecule has 8 heteroatoms. The van der Waals surface area contributed by atoms with Crippen LogP contribution in [0.1, 0.15) is 211 Å². The van der Waals surface area contributed by atoms with Gasteiger partial charge < -0.3 is 28.4 Å². The lowest BCUT2D eigenvalue weighted by Crippen LogP contribution is -2.31. The average molecular weight is 1150 g/mol. The maximum atomic E-state index is 6.80. The average Bonchev–Trinajstić information content (AvgIpc) is 3.55. The van der Waals surface area contributed by atoms with Crippen molar-refractivity contribution in [2.75, 3.05) is 42.7 Å². The lowest BCUT2D eigenvalue weighted by Gasteiger charge is -2.35. The summed E-state index contributed by atoms with van der Waals surface area (Å²) < 4.78 is 39.6. The zero-order valence-corrected chi connectivity index (χ0v) is 58.2. The minimum absolute atomic E-state index is 0.259. The molecule has 0 heterocycles. The first-order chi connectivity index (χ1) is 37.5. The fourth-order valence-electron chi connectivity index (χ4n) is 11.4. The van der Waals surface area contributed by atoms with Gasteiger partial charge in [0.15, 0.2) is 0 Å². The molecule has 82 heavy (non-hydrogen) atoms. The van der Waals surface area contributed by atoms with Crippen LogP contribution in [-0.4, -0.2) is 42.7 Å². The summed E-state index contributed by atoms with van der Waals surface area (Å²) >= 11 is 0. The summed E-state index contributed by atoms with van der Waals surface area (Å²) in [5.41, 5.74) is 9.30. The Morgan fingerprint density at radius 1 is 0.244 bits per heavy atom. The first-order valence-corrected chi connectivity index (χ1v) is 32.1. The van der Waals surface area contributed by atoms with Crippen molar-refractivity contribution in [2.45, 2.75) is 209 Å². The Hall–Kier alpha value is -5.02. The summed E-state index contributed by atoms with van der Waals surface area (Å²) in [7, 11) is 8.09. The number of benzene rings is 6. The van der Waals surface area contributed by atoms with Crippen LogP contribution in [0.5, 0.6) is 34.5 Å². The molecule has 0 atom stereocenters. The maximum absolute atomic E-state index is 6.80. The Morgan fingerprint density at radius 3 is 0.549 bits per heavy atom. The van der Waals surface area contributed by atoms with Crippen LogP contribution in [-0.2, 0) is 43.3 Å². The van der Waals surface area contributed by atoms with Gasteiger partial charge in [-0.05, 0) is 152 Å². The Balaban J connectivity index is 2.01. The quantitative estimate of drug-likeness (QED) is 0.107. The molecule has 0 unspecified atom stereocenters. The summed E-state index contributed by atoms with van der Waals surface area (Å²) in [6.45, 7) is 55.3. The molecule has 0 bridgehead atoms. The predicted octanol–water partition coefficient (Wildman–Crippen LogP) is 17.3. The highest BCUT2D eigenvalue weighted by Gasteiger charge is 2.39. The molecule has 0 aliphatic rings. The van der Waals surface area contributed by atoms with Crippen LogP contribution in [0.2, 0.25) is 0 Å². The number of hydrogen-bond donors (Lipinski definition) is 0. The van der Waals surface area contributed by atoms with E-state index in [4.69, 9.17) is 28.4 Å². The third kappa shape index (κ3) is 13.4. The van der Waals surface area contributed by atoms with Crippen LogP contribution in [0.4, 0.5) is 0 Å². The third-order valence-corrected chi connectivity index (χ3v) is 20.6. The van der Waals surface area contributed by atoms with Crippen LogP contribution in [0.3, 0.4) is 0 Å². The first-order valence-electron chi connectivity index (χ1n) is 29.4. The minimum Gasteiger partial charge on any atom is -0.496 e. The minimum atomic E-state index is -1.43. The van der Waals surface area contributed by atoms with Gasteiger partial charge in [0, 0.05) is 55.6 Å². The number of hydrogen-bond acceptors (Lipinski definition) is 6. The second kappa shape index (κ2) is 23.4. The molecule has 0 aromatic heterocycles. The Kier molecular flexibility index (Phi) is 18.9. The zero-order chi connectivity index (χ0) is 62.0. The van der Waals surface area contributed by atoms with Gasteiger partial charge in [-0.15, -0.1) is 0 Å². The molecular formula is C74H104O6P2. The number of ether oxygens (including phenoxy) is 6. The van der Waals surface area contributed by atoms with Crippen molar-refractivity contribution in [3.8, 4) is 45.6 Å².